The topological polar surface area (TPSA) is 76.5 Å². The first-order valence-corrected chi connectivity index (χ1v) is 7.65. The number of nitrogens with zero attached hydrogens (tertiary/aromatic N) is 3. The van der Waals surface area contributed by atoms with Crippen LogP contribution in [0.2, 0.25) is 0 Å². The third-order valence-corrected chi connectivity index (χ3v) is 3.40. The number of benzene rings is 2. The highest BCUT2D eigenvalue weighted by molar-refractivity contribution is 6.43. The summed E-state index contributed by atoms with van der Waals surface area (Å²) in [4.78, 5) is 20.5. The van der Waals surface area contributed by atoms with E-state index in [2.05, 4.69) is 20.5 Å². The summed E-state index contributed by atoms with van der Waals surface area (Å²) in [6, 6.07) is 12.8. The van der Waals surface area contributed by atoms with Gasteiger partial charge in [0.25, 0.3) is 0 Å². The van der Waals surface area contributed by atoms with Crippen molar-refractivity contribution >= 4 is 28.4 Å². The quantitative estimate of drug-likeness (QED) is 0.439. The van der Waals surface area contributed by atoms with Crippen molar-refractivity contribution in [1.82, 2.24) is 9.97 Å². The number of aromatic nitrogens is 2. The number of hydrazone groups is 1. The van der Waals surface area contributed by atoms with E-state index < -0.39 is 11.8 Å². The normalized spacial score (nSPS) is 11.4. The predicted octanol–water partition coefficient (Wildman–Crippen LogP) is 3.15. The number of ether oxygens (including phenoxy) is 1. The molecule has 6 nitrogen and oxygen atoms in total. The van der Waals surface area contributed by atoms with Gasteiger partial charge in [0.1, 0.15) is 12.1 Å². The van der Waals surface area contributed by atoms with Crippen LogP contribution in [0.4, 0.5) is 10.2 Å². The van der Waals surface area contributed by atoms with E-state index in [0.717, 1.165) is 10.9 Å². The van der Waals surface area contributed by atoms with E-state index in [9.17, 15) is 9.18 Å². The van der Waals surface area contributed by atoms with Crippen LogP contribution in [-0.2, 0) is 9.53 Å². The van der Waals surface area contributed by atoms with Gasteiger partial charge in [-0.25, -0.2) is 19.2 Å². The Labute approximate surface area is 143 Å². The van der Waals surface area contributed by atoms with Crippen LogP contribution in [0.25, 0.3) is 10.9 Å². The third-order valence-electron chi connectivity index (χ3n) is 3.40. The van der Waals surface area contributed by atoms with E-state index in [1.807, 2.05) is 24.3 Å². The molecular weight excluding hydrogens is 323 g/mol. The first-order chi connectivity index (χ1) is 12.2. The van der Waals surface area contributed by atoms with Gasteiger partial charge >= 0.3 is 5.97 Å². The summed E-state index contributed by atoms with van der Waals surface area (Å²) < 4.78 is 18.2. The zero-order chi connectivity index (χ0) is 17.6. The molecular formula is C18H15FN4O2. The molecule has 0 atom stereocenters. The van der Waals surface area contributed by atoms with Gasteiger partial charge in [-0.15, -0.1) is 0 Å². The molecule has 1 N–H and O–H groups in total. The van der Waals surface area contributed by atoms with Gasteiger partial charge in [0.2, 0.25) is 0 Å². The Bertz CT molecular complexity index is 921. The molecule has 126 valence electrons. The summed E-state index contributed by atoms with van der Waals surface area (Å²) in [7, 11) is 0. The first kappa shape index (κ1) is 16.5. The summed E-state index contributed by atoms with van der Waals surface area (Å²) in [5, 5.41) is 4.90. The number of anilines is 1. The predicted molar refractivity (Wildman–Crippen MR) is 92.7 cm³/mol. The van der Waals surface area contributed by atoms with Crippen LogP contribution in [0.1, 0.15) is 12.5 Å². The highest BCUT2D eigenvalue weighted by atomic mass is 19.1. The Kier molecular flexibility index (Phi) is 4.94. The molecule has 0 aliphatic carbocycles. The van der Waals surface area contributed by atoms with Gasteiger partial charge in [-0.2, -0.15) is 5.10 Å². The Morgan fingerprint density at radius 2 is 1.92 bits per heavy atom. The van der Waals surface area contributed by atoms with E-state index in [4.69, 9.17) is 4.74 Å². The second-order valence-electron chi connectivity index (χ2n) is 5.04. The van der Waals surface area contributed by atoms with E-state index in [0.29, 0.717) is 11.4 Å². The molecule has 25 heavy (non-hydrogen) atoms. The Balaban J connectivity index is 1.97. The Morgan fingerprint density at radius 1 is 1.16 bits per heavy atom. The average Bonchev–Trinajstić information content (AvgIpc) is 2.63. The number of fused-ring (bicyclic) bond motifs is 1. The average molecular weight is 338 g/mol. The molecule has 7 heteroatoms. The zero-order valence-corrected chi connectivity index (χ0v) is 13.4. The maximum atomic E-state index is 13.1. The van der Waals surface area contributed by atoms with Crippen molar-refractivity contribution in [3.63, 3.8) is 0 Å². The maximum Gasteiger partial charge on any atom is 0.359 e. The summed E-state index contributed by atoms with van der Waals surface area (Å²) in [6.07, 6.45) is 1.40. The van der Waals surface area contributed by atoms with Gasteiger partial charge in [0.15, 0.2) is 11.5 Å². The van der Waals surface area contributed by atoms with Gasteiger partial charge in [-0.3, -0.25) is 5.43 Å². The van der Waals surface area contributed by atoms with Crippen molar-refractivity contribution in [2.75, 3.05) is 12.0 Å². The fourth-order valence-electron chi connectivity index (χ4n) is 2.24. The Hall–Kier alpha value is -3.35. The lowest BCUT2D eigenvalue weighted by atomic mass is 10.1. The van der Waals surface area contributed by atoms with Crippen molar-refractivity contribution in [2.24, 2.45) is 5.10 Å². The minimum absolute atomic E-state index is 0.0320. The number of halogens is 1. The molecule has 0 saturated carbocycles. The first-order valence-electron chi connectivity index (χ1n) is 7.65. The molecule has 1 aromatic heterocycles. The number of hydrogen-bond acceptors (Lipinski definition) is 6. The fraction of sp³-hybridized carbons (Fsp3) is 0.111. The molecule has 0 aliphatic rings. The second kappa shape index (κ2) is 7.48. The molecule has 0 spiro atoms. The largest absolute Gasteiger partial charge is 0.461 e. The zero-order valence-electron chi connectivity index (χ0n) is 13.4. The number of esters is 1. The number of hydrogen-bond donors (Lipinski definition) is 1. The van der Waals surface area contributed by atoms with Gasteiger partial charge < -0.3 is 4.74 Å². The molecule has 0 fully saturated rings. The van der Waals surface area contributed by atoms with E-state index >= 15 is 0 Å². The SMILES string of the molecule is CCOC(=O)/C(=N\Nc1ncnc2ccccc12)c1ccc(F)cc1. The molecule has 1 heterocycles. The van der Waals surface area contributed by atoms with Crippen molar-refractivity contribution in [1.29, 1.82) is 0 Å². The number of rotatable bonds is 5. The molecule has 2 aromatic carbocycles. The van der Waals surface area contributed by atoms with Crippen molar-refractivity contribution in [3.8, 4) is 0 Å². The highest BCUT2D eigenvalue weighted by Gasteiger charge is 2.16. The lowest BCUT2D eigenvalue weighted by molar-refractivity contribution is -0.134. The van der Waals surface area contributed by atoms with E-state index in [-0.39, 0.29) is 12.3 Å². The number of carbonyl (C=O) groups is 1. The maximum absolute atomic E-state index is 13.1. The van der Waals surface area contributed by atoms with Gasteiger partial charge in [0.05, 0.1) is 12.1 Å². The monoisotopic (exact) mass is 338 g/mol. The minimum Gasteiger partial charge on any atom is -0.461 e. The lowest BCUT2D eigenvalue weighted by Gasteiger charge is -2.08. The fourth-order valence-corrected chi connectivity index (χ4v) is 2.24. The molecule has 0 unspecified atom stereocenters. The van der Waals surface area contributed by atoms with Gasteiger partial charge in [0, 0.05) is 10.9 Å². The minimum atomic E-state index is -0.611. The van der Waals surface area contributed by atoms with Crippen LogP contribution in [0.5, 0.6) is 0 Å². The molecule has 0 saturated heterocycles. The van der Waals surface area contributed by atoms with Crippen molar-refractivity contribution in [3.05, 3.63) is 66.2 Å². The summed E-state index contributed by atoms with van der Waals surface area (Å²) >= 11 is 0. The molecule has 0 aliphatic heterocycles. The Morgan fingerprint density at radius 3 is 2.68 bits per heavy atom. The van der Waals surface area contributed by atoms with Crippen LogP contribution in [0, 0.1) is 5.82 Å². The molecule has 0 amide bonds. The standard InChI is InChI=1S/C18H15FN4O2/c1-2-25-18(24)16(12-7-9-13(19)10-8-12)22-23-17-14-5-3-4-6-15(14)20-11-21-17/h3-11H,2H2,1H3,(H,20,21,23)/b22-16-. The summed E-state index contributed by atoms with van der Waals surface area (Å²) in [5.41, 5.74) is 4.00. The van der Waals surface area contributed by atoms with Crippen LogP contribution >= 0.6 is 0 Å². The van der Waals surface area contributed by atoms with Gasteiger partial charge in [-0.05, 0) is 43.3 Å². The molecule has 0 bridgehead atoms. The lowest BCUT2D eigenvalue weighted by Crippen LogP contribution is -2.20. The molecule has 0 radical (unpaired) electrons. The summed E-state index contributed by atoms with van der Waals surface area (Å²) in [6.45, 7) is 1.90. The highest BCUT2D eigenvalue weighted by Crippen LogP contribution is 2.18. The van der Waals surface area contributed by atoms with Crippen LogP contribution in [0.3, 0.4) is 0 Å². The van der Waals surface area contributed by atoms with Gasteiger partial charge in [-0.1, -0.05) is 12.1 Å². The summed E-state index contributed by atoms with van der Waals surface area (Å²) in [5.74, 6) is -0.559. The van der Waals surface area contributed by atoms with Crippen LogP contribution < -0.4 is 5.43 Å². The third kappa shape index (κ3) is 3.77. The molecule has 3 aromatic rings. The van der Waals surface area contributed by atoms with Crippen molar-refractivity contribution in [2.45, 2.75) is 6.92 Å². The number of carbonyl (C=O) groups excluding carboxylic acids is 1. The van der Waals surface area contributed by atoms with Crippen molar-refractivity contribution < 1.29 is 13.9 Å². The smallest absolute Gasteiger partial charge is 0.359 e. The van der Waals surface area contributed by atoms with Crippen LogP contribution in [-0.4, -0.2) is 28.3 Å². The van der Waals surface area contributed by atoms with E-state index in [1.165, 1.54) is 30.6 Å². The van der Waals surface area contributed by atoms with Crippen LogP contribution in [0.15, 0.2) is 60.0 Å². The number of nitrogens with one attached hydrogen (secondary N) is 1. The number of para-hydroxylation sites is 1. The molecule has 3 rings (SSSR count). The van der Waals surface area contributed by atoms with E-state index in [1.54, 1.807) is 6.92 Å². The second-order valence-corrected chi connectivity index (χ2v) is 5.04.